The maximum absolute atomic E-state index is 12.9. The minimum atomic E-state index is -1.25. The highest BCUT2D eigenvalue weighted by Crippen LogP contribution is 2.49. The molecule has 10 nitrogen and oxygen atoms in total. The number of carbonyl (C=O) groups excluding carboxylic acids is 2. The van der Waals surface area contributed by atoms with Crippen LogP contribution in [0.4, 0.5) is 10.5 Å². The highest BCUT2D eigenvalue weighted by molar-refractivity contribution is 6.09. The van der Waals surface area contributed by atoms with E-state index < -0.39 is 30.1 Å². The first-order chi connectivity index (χ1) is 14.4. The Morgan fingerprint density at radius 1 is 1.20 bits per heavy atom. The lowest BCUT2D eigenvalue weighted by Crippen LogP contribution is -2.73. The SMILES string of the molecule is O=C(O)C1=C(/C=C2\CCN(c3cccnc3)C2=O)C2CCN(C(=O)O)[C@@H]3C(=O)N1[C@H]23. The molecule has 0 aromatic carbocycles. The Labute approximate surface area is 170 Å². The minimum Gasteiger partial charge on any atom is -0.477 e. The summed E-state index contributed by atoms with van der Waals surface area (Å²) in [6.45, 7) is 0.605. The molecule has 0 aliphatic carbocycles. The van der Waals surface area contributed by atoms with E-state index in [9.17, 15) is 29.4 Å². The van der Waals surface area contributed by atoms with E-state index in [0.717, 1.165) is 4.90 Å². The number of β-lactam (4-membered cyclic amide) rings is 1. The van der Waals surface area contributed by atoms with Gasteiger partial charge in [-0.2, -0.15) is 0 Å². The van der Waals surface area contributed by atoms with Gasteiger partial charge in [0.15, 0.2) is 0 Å². The largest absolute Gasteiger partial charge is 0.477 e. The summed E-state index contributed by atoms with van der Waals surface area (Å²) in [6, 6.07) is 2.13. The molecule has 4 aliphatic rings. The average Bonchev–Trinajstić information content (AvgIpc) is 3.25. The van der Waals surface area contributed by atoms with Crippen molar-refractivity contribution in [1.29, 1.82) is 0 Å². The first-order valence-corrected chi connectivity index (χ1v) is 9.62. The molecule has 3 saturated heterocycles. The molecule has 0 radical (unpaired) electrons. The Hall–Kier alpha value is -3.69. The predicted molar refractivity (Wildman–Crippen MR) is 101 cm³/mol. The number of carbonyl (C=O) groups is 4. The van der Waals surface area contributed by atoms with Crippen LogP contribution in [-0.4, -0.2) is 74.0 Å². The van der Waals surface area contributed by atoms with E-state index in [1.165, 1.54) is 4.90 Å². The molecule has 0 saturated carbocycles. The van der Waals surface area contributed by atoms with E-state index in [0.29, 0.717) is 36.2 Å². The smallest absolute Gasteiger partial charge is 0.408 e. The van der Waals surface area contributed by atoms with E-state index in [1.54, 1.807) is 35.5 Å². The third-order valence-electron chi connectivity index (χ3n) is 6.32. The molecule has 2 N–H and O–H groups in total. The molecule has 1 aromatic rings. The molecule has 30 heavy (non-hydrogen) atoms. The zero-order chi connectivity index (χ0) is 21.2. The summed E-state index contributed by atoms with van der Waals surface area (Å²) >= 11 is 0. The topological polar surface area (TPSA) is 131 Å². The van der Waals surface area contributed by atoms with Crippen LogP contribution in [0.1, 0.15) is 12.8 Å². The monoisotopic (exact) mass is 410 g/mol. The van der Waals surface area contributed by atoms with E-state index in [2.05, 4.69) is 4.98 Å². The number of piperidine rings is 1. The van der Waals surface area contributed by atoms with Crippen molar-refractivity contribution >= 4 is 29.6 Å². The number of hydrogen-bond acceptors (Lipinski definition) is 5. The second-order valence-electron chi connectivity index (χ2n) is 7.71. The number of nitrogens with zero attached hydrogens (tertiary/aromatic N) is 4. The van der Waals surface area contributed by atoms with Gasteiger partial charge < -0.3 is 15.1 Å². The number of carboxylic acids is 1. The quantitative estimate of drug-likeness (QED) is 0.553. The van der Waals surface area contributed by atoms with Crippen molar-refractivity contribution in [3.05, 3.63) is 47.4 Å². The number of carboxylic acid groups (broad SMARTS) is 2. The lowest BCUT2D eigenvalue weighted by molar-refractivity contribution is -0.161. The zero-order valence-corrected chi connectivity index (χ0v) is 15.8. The summed E-state index contributed by atoms with van der Waals surface area (Å²) in [5.41, 5.74) is 1.43. The Bertz CT molecular complexity index is 1050. The molecule has 3 fully saturated rings. The molecule has 0 bridgehead atoms. The third-order valence-corrected chi connectivity index (χ3v) is 6.32. The number of anilines is 1. The lowest BCUT2D eigenvalue weighted by Gasteiger charge is -2.52. The fraction of sp³-hybridized carbons (Fsp3) is 0.350. The van der Waals surface area contributed by atoms with Crippen LogP contribution in [0.5, 0.6) is 0 Å². The molecule has 1 unspecified atom stereocenters. The Morgan fingerprint density at radius 2 is 2.00 bits per heavy atom. The first-order valence-electron chi connectivity index (χ1n) is 9.62. The van der Waals surface area contributed by atoms with Crippen molar-refractivity contribution in [2.75, 3.05) is 18.0 Å². The van der Waals surface area contributed by atoms with Crippen LogP contribution < -0.4 is 4.90 Å². The number of pyridine rings is 1. The van der Waals surface area contributed by atoms with Gasteiger partial charge in [-0.3, -0.25) is 24.4 Å². The van der Waals surface area contributed by atoms with Gasteiger partial charge in [0.1, 0.15) is 11.7 Å². The molecule has 1 aromatic heterocycles. The van der Waals surface area contributed by atoms with Gasteiger partial charge >= 0.3 is 12.1 Å². The maximum atomic E-state index is 12.9. The van der Waals surface area contributed by atoms with Crippen molar-refractivity contribution in [2.24, 2.45) is 5.92 Å². The van der Waals surface area contributed by atoms with Crippen molar-refractivity contribution in [3.8, 4) is 0 Å². The van der Waals surface area contributed by atoms with Gasteiger partial charge in [-0.1, -0.05) is 0 Å². The number of aliphatic carboxylic acids is 1. The van der Waals surface area contributed by atoms with Crippen molar-refractivity contribution in [2.45, 2.75) is 24.9 Å². The number of rotatable bonds is 3. The van der Waals surface area contributed by atoms with Crippen LogP contribution in [0, 0.1) is 5.92 Å². The number of amides is 3. The molecule has 3 atom stereocenters. The van der Waals surface area contributed by atoms with Gasteiger partial charge in [0, 0.05) is 30.8 Å². The van der Waals surface area contributed by atoms with Gasteiger partial charge in [0.2, 0.25) is 0 Å². The zero-order valence-electron chi connectivity index (χ0n) is 15.8. The summed E-state index contributed by atoms with van der Waals surface area (Å²) in [5, 5.41) is 19.1. The van der Waals surface area contributed by atoms with Crippen molar-refractivity contribution in [1.82, 2.24) is 14.8 Å². The molecule has 3 amide bonds. The van der Waals surface area contributed by atoms with Crippen molar-refractivity contribution < 1.29 is 29.4 Å². The summed E-state index contributed by atoms with van der Waals surface area (Å²) < 4.78 is 0. The lowest BCUT2D eigenvalue weighted by atomic mass is 9.78. The Kier molecular flexibility index (Phi) is 3.92. The molecule has 4 aliphatic heterocycles. The second kappa shape index (κ2) is 6.41. The first kappa shape index (κ1) is 18.3. The number of aromatic nitrogens is 1. The normalized spacial score (nSPS) is 28.9. The fourth-order valence-electron chi connectivity index (χ4n) is 5.03. The molecule has 154 valence electrons. The predicted octanol–water partition coefficient (Wildman–Crippen LogP) is 0.676. The Balaban J connectivity index is 1.50. The van der Waals surface area contributed by atoms with Crippen molar-refractivity contribution in [3.63, 3.8) is 0 Å². The summed E-state index contributed by atoms with van der Waals surface area (Å²) in [6.07, 6.45) is 4.47. The van der Waals surface area contributed by atoms with Crippen LogP contribution in [-0.2, 0) is 14.4 Å². The average molecular weight is 410 g/mol. The molecule has 5 rings (SSSR count). The van der Waals surface area contributed by atoms with Gasteiger partial charge in [-0.25, -0.2) is 9.59 Å². The van der Waals surface area contributed by atoms with Crippen LogP contribution in [0.2, 0.25) is 0 Å². The number of likely N-dealkylation sites (tertiary alicyclic amines) is 1. The molecule has 10 heteroatoms. The fourth-order valence-corrected chi connectivity index (χ4v) is 5.03. The standard InChI is InChI=1S/C20H18N4O6/c25-17-10(3-6-22(17)11-2-1-5-21-9-11)8-13-12-4-7-23(20(29)30)16-14(12)24(18(16)26)15(13)19(27)28/h1-2,5,8-9,12,14,16H,3-4,6-7H2,(H,27,28)(H,29,30)/b10-8+/t12?,14-,16+/m1/s1. The third kappa shape index (κ3) is 2.39. The molecular formula is C20H18N4O6. The minimum absolute atomic E-state index is 0.140. The van der Waals surface area contributed by atoms with E-state index in [-0.39, 0.29) is 24.1 Å². The summed E-state index contributed by atoms with van der Waals surface area (Å²) in [7, 11) is 0. The van der Waals surface area contributed by atoms with Crippen LogP contribution in [0.3, 0.4) is 0 Å². The number of allylic oxidation sites excluding steroid dienone is 1. The van der Waals surface area contributed by atoms with Gasteiger partial charge in [0.05, 0.1) is 17.9 Å². The van der Waals surface area contributed by atoms with E-state index >= 15 is 0 Å². The molecule has 5 heterocycles. The highest BCUT2D eigenvalue weighted by Gasteiger charge is 2.64. The molecule has 0 spiro atoms. The summed E-state index contributed by atoms with van der Waals surface area (Å²) in [4.78, 5) is 56.9. The highest BCUT2D eigenvalue weighted by atomic mass is 16.4. The molecular weight excluding hydrogens is 392 g/mol. The van der Waals surface area contributed by atoms with Gasteiger partial charge in [-0.05, 0) is 36.6 Å². The van der Waals surface area contributed by atoms with Crippen LogP contribution >= 0.6 is 0 Å². The summed E-state index contributed by atoms with van der Waals surface area (Å²) in [5.74, 6) is -2.30. The maximum Gasteiger partial charge on any atom is 0.408 e. The van der Waals surface area contributed by atoms with Crippen LogP contribution in [0.15, 0.2) is 47.4 Å². The van der Waals surface area contributed by atoms with E-state index in [4.69, 9.17) is 0 Å². The van der Waals surface area contributed by atoms with Gasteiger partial charge in [-0.15, -0.1) is 0 Å². The van der Waals surface area contributed by atoms with Crippen LogP contribution in [0.25, 0.3) is 0 Å². The Morgan fingerprint density at radius 3 is 2.67 bits per heavy atom. The van der Waals surface area contributed by atoms with E-state index in [1.807, 2.05) is 0 Å². The second-order valence-corrected chi connectivity index (χ2v) is 7.71. The number of hydrogen-bond donors (Lipinski definition) is 2. The van der Waals surface area contributed by atoms with Gasteiger partial charge in [0.25, 0.3) is 11.8 Å².